The average molecular weight is 575 g/mol. The molecule has 0 aliphatic rings. The molecule has 0 aromatic heterocycles. The predicted octanol–water partition coefficient (Wildman–Crippen LogP) is -2.08. The van der Waals surface area contributed by atoms with Crippen LogP contribution in [0.2, 0.25) is 0 Å². The van der Waals surface area contributed by atoms with Crippen LogP contribution in [0.3, 0.4) is 0 Å². The number of esters is 4. The molecule has 0 spiro atoms. The monoisotopic (exact) mass is 574 g/mol. The van der Waals surface area contributed by atoms with Gasteiger partial charge in [0.2, 0.25) is 0 Å². The van der Waals surface area contributed by atoms with E-state index in [1.54, 1.807) is 55.4 Å². The van der Waals surface area contributed by atoms with Gasteiger partial charge in [0.05, 0.1) is 62.0 Å². The van der Waals surface area contributed by atoms with Gasteiger partial charge in [0.1, 0.15) is 11.2 Å². The van der Waals surface area contributed by atoms with Crippen LogP contribution < -0.4 is 10.2 Å². The van der Waals surface area contributed by atoms with Gasteiger partial charge in [-0.2, -0.15) is 0 Å². The second-order valence-electron chi connectivity index (χ2n) is 9.50. The van der Waals surface area contributed by atoms with Crippen molar-refractivity contribution < 1.29 is 68.1 Å². The first-order valence-corrected chi connectivity index (χ1v) is 11.8. The number of carbonyl (C=O) groups excluding carboxylic acids is 6. The van der Waals surface area contributed by atoms with E-state index >= 15 is 0 Å². The van der Waals surface area contributed by atoms with E-state index in [1.165, 1.54) is 0 Å². The molecule has 0 aromatic carbocycles. The smallest absolute Gasteiger partial charge is 0.547 e. The fourth-order valence-electron chi connectivity index (χ4n) is 2.59. The zero-order valence-electron chi connectivity index (χ0n) is 23.6. The molecule has 14 nitrogen and oxygen atoms in total. The van der Waals surface area contributed by atoms with Gasteiger partial charge in [-0.1, -0.05) is 0 Å². The quantitative estimate of drug-likeness (QED) is 0.129. The largest absolute Gasteiger partial charge is 2.00 e. The number of rotatable bonds is 14. The molecule has 0 saturated carbocycles. The minimum atomic E-state index is -2.63. The number of hydrogen-bond donors (Lipinski definition) is 2. The van der Waals surface area contributed by atoms with Crippen molar-refractivity contribution in [2.45, 2.75) is 117 Å². The molecule has 0 unspecified atom stereocenters. The summed E-state index contributed by atoms with van der Waals surface area (Å²) in [6, 6.07) is 0. The zero-order chi connectivity index (χ0) is 30.4. The minimum Gasteiger partial charge on any atom is -0.547 e. The van der Waals surface area contributed by atoms with Gasteiger partial charge in [0.25, 0.3) is 0 Å². The molecular weight excluding hydrogens is 537 g/mol. The predicted molar refractivity (Wildman–Crippen MR) is 129 cm³/mol. The Morgan fingerprint density at radius 1 is 0.513 bits per heavy atom. The molecule has 0 aromatic rings. The molecule has 15 heteroatoms. The molecule has 0 bridgehead atoms. The zero-order valence-corrected chi connectivity index (χ0v) is 25.1. The standard InChI is InChI=1S/2C12H20O7.Mg/c2*1-7(2)18-9(13)5-12(17,11(15)16)6-10(14)19-8(3)4;/h2*7-8,17H,5-6H2,1-4H3,(H,15,16);/q;;+2/p-2. The van der Waals surface area contributed by atoms with Gasteiger partial charge in [-0.05, 0) is 55.4 Å². The Hall–Kier alpha value is -2.49. The van der Waals surface area contributed by atoms with Crippen LogP contribution in [0.25, 0.3) is 0 Å². The summed E-state index contributed by atoms with van der Waals surface area (Å²) in [4.78, 5) is 67.2. The third-order valence-corrected chi connectivity index (χ3v) is 3.98. The van der Waals surface area contributed by atoms with Crippen molar-refractivity contribution in [3.63, 3.8) is 0 Å². The SMILES string of the molecule is CC(C)OC(=O)CC(O)(CC(=O)OC(C)C)C(=O)[O-].CC(C)OC(=O)CC(O)(CC(=O)OC(C)C)C(=O)[O-].[Mg+2]. The van der Waals surface area contributed by atoms with Crippen molar-refractivity contribution in [2.75, 3.05) is 0 Å². The Morgan fingerprint density at radius 3 is 0.769 bits per heavy atom. The molecule has 220 valence electrons. The first kappa shape index (κ1) is 41.0. The fourth-order valence-corrected chi connectivity index (χ4v) is 2.59. The molecule has 0 rings (SSSR count). The van der Waals surface area contributed by atoms with Crippen LogP contribution in [0.4, 0.5) is 0 Å². The maximum atomic E-state index is 11.4. The first-order chi connectivity index (χ1) is 17.1. The van der Waals surface area contributed by atoms with Crippen molar-refractivity contribution in [1.29, 1.82) is 0 Å². The van der Waals surface area contributed by atoms with Gasteiger partial charge in [-0.25, -0.2) is 0 Å². The summed E-state index contributed by atoms with van der Waals surface area (Å²) in [7, 11) is 0. The summed E-state index contributed by atoms with van der Waals surface area (Å²) < 4.78 is 18.9. The molecule has 39 heavy (non-hydrogen) atoms. The third-order valence-electron chi connectivity index (χ3n) is 3.98. The van der Waals surface area contributed by atoms with Crippen molar-refractivity contribution >= 4 is 58.9 Å². The van der Waals surface area contributed by atoms with Gasteiger partial charge in [0.15, 0.2) is 0 Å². The summed E-state index contributed by atoms with van der Waals surface area (Å²) >= 11 is 0. The minimum absolute atomic E-state index is 0. The second kappa shape index (κ2) is 18.7. The maximum Gasteiger partial charge on any atom is 2.00 e. The average Bonchev–Trinajstić information content (AvgIpc) is 2.64. The first-order valence-electron chi connectivity index (χ1n) is 11.8. The Balaban J connectivity index is -0.000000648. The Bertz CT molecular complexity index is 719. The number of aliphatic carboxylic acids is 2. The summed E-state index contributed by atoms with van der Waals surface area (Å²) in [6.07, 6.45) is -5.33. The third kappa shape index (κ3) is 19.2. The maximum absolute atomic E-state index is 11.4. The number of hydrogen-bond acceptors (Lipinski definition) is 14. The molecule has 0 amide bonds. The Labute approximate surface area is 243 Å². The van der Waals surface area contributed by atoms with Crippen LogP contribution in [-0.2, 0) is 47.7 Å². The van der Waals surface area contributed by atoms with E-state index in [1.807, 2.05) is 0 Å². The molecular formula is C24H38MgO14. The number of ether oxygens (including phenoxy) is 4. The molecule has 2 N–H and O–H groups in total. The molecule has 0 saturated heterocycles. The van der Waals surface area contributed by atoms with Gasteiger partial charge in [-0.15, -0.1) is 0 Å². The molecule has 0 fully saturated rings. The van der Waals surface area contributed by atoms with Crippen LogP contribution in [0.5, 0.6) is 0 Å². The number of aliphatic hydroxyl groups is 2. The number of carboxylic acids is 2. The fraction of sp³-hybridized carbons (Fsp3) is 0.750. The topological polar surface area (TPSA) is 226 Å². The van der Waals surface area contributed by atoms with Crippen LogP contribution in [0.1, 0.15) is 81.1 Å². The van der Waals surface area contributed by atoms with Gasteiger partial charge in [0, 0.05) is 0 Å². The number of carbonyl (C=O) groups is 6. The number of carboxylic acid groups (broad SMARTS) is 2. The summed E-state index contributed by atoms with van der Waals surface area (Å²) in [5.41, 5.74) is -5.25. The van der Waals surface area contributed by atoms with Crippen LogP contribution in [0.15, 0.2) is 0 Å². The molecule has 0 aliphatic heterocycles. The molecule has 0 heterocycles. The van der Waals surface area contributed by atoms with Crippen LogP contribution in [-0.4, -0.2) is 105 Å². The summed E-state index contributed by atoms with van der Waals surface area (Å²) in [5.74, 6) is -7.57. The van der Waals surface area contributed by atoms with Crippen molar-refractivity contribution in [3.8, 4) is 0 Å². The van der Waals surface area contributed by atoms with E-state index in [0.717, 1.165) is 0 Å². The van der Waals surface area contributed by atoms with E-state index in [9.17, 15) is 49.2 Å². The van der Waals surface area contributed by atoms with E-state index in [2.05, 4.69) is 0 Å². The second-order valence-corrected chi connectivity index (χ2v) is 9.50. The molecule has 0 aliphatic carbocycles. The van der Waals surface area contributed by atoms with Gasteiger partial charge in [-0.3, -0.25) is 19.2 Å². The van der Waals surface area contributed by atoms with E-state index in [-0.39, 0.29) is 23.1 Å². The van der Waals surface area contributed by atoms with Crippen molar-refractivity contribution in [1.82, 2.24) is 0 Å². The van der Waals surface area contributed by atoms with Crippen LogP contribution >= 0.6 is 0 Å². The van der Waals surface area contributed by atoms with E-state index in [0.29, 0.717) is 0 Å². The van der Waals surface area contributed by atoms with E-state index in [4.69, 9.17) is 18.9 Å². The van der Waals surface area contributed by atoms with Crippen molar-refractivity contribution in [2.24, 2.45) is 0 Å². The Morgan fingerprint density at radius 2 is 0.667 bits per heavy atom. The van der Waals surface area contributed by atoms with Crippen molar-refractivity contribution in [3.05, 3.63) is 0 Å². The normalized spacial score (nSPS) is 11.2. The summed E-state index contributed by atoms with van der Waals surface area (Å²) in [5, 5.41) is 41.4. The molecule has 0 radical (unpaired) electrons. The van der Waals surface area contributed by atoms with Gasteiger partial charge < -0.3 is 49.0 Å². The van der Waals surface area contributed by atoms with Gasteiger partial charge >= 0.3 is 46.9 Å². The van der Waals surface area contributed by atoms with E-state index < -0.39 is 97.1 Å². The van der Waals surface area contributed by atoms with Crippen LogP contribution in [0, 0.1) is 0 Å². The molecule has 0 atom stereocenters. The summed E-state index contributed by atoms with van der Waals surface area (Å²) in [6.45, 7) is 12.6. The Kier molecular flexibility index (Phi) is 19.7.